The molecule has 1 aromatic carbocycles. The Hall–Kier alpha value is -0.600. The van der Waals surface area contributed by atoms with Crippen LogP contribution in [0.25, 0.3) is 0 Å². The van der Waals surface area contributed by atoms with Crippen molar-refractivity contribution < 1.29 is 17.6 Å². The standard InChI is InChI=1S/C12H13BrFNO3S2/c1-20(17,18)11-7-19-5-4-15(11)12(16)9-6-8(13)2-3-10(9)14/h2-3,6,11H,4-5,7H2,1H3. The molecule has 1 saturated heterocycles. The van der Waals surface area contributed by atoms with E-state index < -0.39 is 26.9 Å². The van der Waals surface area contributed by atoms with Gasteiger partial charge in [-0.1, -0.05) is 15.9 Å². The van der Waals surface area contributed by atoms with Crippen molar-refractivity contribution in [3.8, 4) is 0 Å². The Morgan fingerprint density at radius 1 is 1.50 bits per heavy atom. The molecule has 0 saturated carbocycles. The summed E-state index contributed by atoms with van der Waals surface area (Å²) < 4.78 is 37.9. The minimum absolute atomic E-state index is 0.111. The zero-order valence-electron chi connectivity index (χ0n) is 10.7. The van der Waals surface area contributed by atoms with Crippen LogP contribution in [-0.4, -0.2) is 48.9 Å². The largest absolute Gasteiger partial charge is 0.320 e. The first-order valence-corrected chi connectivity index (χ1v) is 9.73. The van der Waals surface area contributed by atoms with Crippen molar-refractivity contribution >= 4 is 43.4 Å². The lowest BCUT2D eigenvalue weighted by atomic mass is 10.2. The van der Waals surface area contributed by atoms with Gasteiger partial charge in [-0.25, -0.2) is 12.8 Å². The average molecular weight is 382 g/mol. The van der Waals surface area contributed by atoms with Gasteiger partial charge >= 0.3 is 0 Å². The van der Waals surface area contributed by atoms with Gasteiger partial charge in [0.05, 0.1) is 5.56 Å². The number of rotatable bonds is 2. The fraction of sp³-hybridized carbons (Fsp3) is 0.417. The van der Waals surface area contributed by atoms with Gasteiger partial charge in [0.25, 0.3) is 5.91 Å². The lowest BCUT2D eigenvalue weighted by Crippen LogP contribution is -2.50. The number of nitrogens with zero attached hydrogens (tertiary/aromatic N) is 1. The van der Waals surface area contributed by atoms with Crippen LogP contribution in [0.2, 0.25) is 0 Å². The highest BCUT2D eigenvalue weighted by atomic mass is 79.9. The summed E-state index contributed by atoms with van der Waals surface area (Å²) in [6.45, 7) is 0.299. The van der Waals surface area contributed by atoms with E-state index in [2.05, 4.69) is 15.9 Å². The molecule has 1 aliphatic heterocycles. The molecule has 1 fully saturated rings. The molecule has 110 valence electrons. The van der Waals surface area contributed by atoms with Gasteiger partial charge in [-0.2, -0.15) is 11.8 Å². The van der Waals surface area contributed by atoms with Gasteiger partial charge in [-0.3, -0.25) is 4.79 Å². The minimum atomic E-state index is -3.40. The summed E-state index contributed by atoms with van der Waals surface area (Å²) in [5.41, 5.74) is -0.111. The third-order valence-corrected chi connectivity index (χ3v) is 6.14. The maximum Gasteiger partial charge on any atom is 0.257 e. The summed E-state index contributed by atoms with van der Waals surface area (Å²) in [6, 6.07) is 4.05. The predicted octanol–water partition coefficient (Wildman–Crippen LogP) is 2.15. The number of thioether (sulfide) groups is 1. The Labute approximate surface area is 129 Å². The number of sulfone groups is 1. The van der Waals surface area contributed by atoms with Gasteiger partial charge in [-0.05, 0) is 18.2 Å². The molecule has 1 aromatic rings. The van der Waals surface area contributed by atoms with Crippen LogP contribution in [-0.2, 0) is 9.84 Å². The molecule has 1 heterocycles. The van der Waals surface area contributed by atoms with E-state index in [0.29, 0.717) is 22.5 Å². The van der Waals surface area contributed by atoms with E-state index in [4.69, 9.17) is 0 Å². The van der Waals surface area contributed by atoms with Gasteiger partial charge < -0.3 is 4.90 Å². The van der Waals surface area contributed by atoms with Crippen LogP contribution in [0.3, 0.4) is 0 Å². The van der Waals surface area contributed by atoms with Crippen LogP contribution in [0.5, 0.6) is 0 Å². The van der Waals surface area contributed by atoms with Gasteiger partial charge in [0, 0.05) is 28.8 Å². The Balaban J connectivity index is 2.37. The molecule has 0 spiro atoms. The number of hydrogen-bond donors (Lipinski definition) is 0. The number of benzene rings is 1. The Morgan fingerprint density at radius 2 is 2.20 bits per heavy atom. The summed E-state index contributed by atoms with van der Waals surface area (Å²) in [7, 11) is -3.40. The quantitative estimate of drug-likeness (QED) is 0.787. The topological polar surface area (TPSA) is 54.5 Å². The van der Waals surface area contributed by atoms with Crippen molar-refractivity contribution in [2.75, 3.05) is 24.3 Å². The first-order chi connectivity index (χ1) is 9.30. The molecule has 20 heavy (non-hydrogen) atoms. The number of carbonyl (C=O) groups excluding carboxylic acids is 1. The lowest BCUT2D eigenvalue weighted by molar-refractivity contribution is 0.0745. The summed E-state index contributed by atoms with van der Waals surface area (Å²) in [6.07, 6.45) is 1.10. The van der Waals surface area contributed by atoms with E-state index in [9.17, 15) is 17.6 Å². The summed E-state index contributed by atoms with van der Waals surface area (Å²) in [5.74, 6) is -0.267. The fourth-order valence-corrected chi connectivity index (χ4v) is 5.16. The Morgan fingerprint density at radius 3 is 2.85 bits per heavy atom. The molecule has 1 unspecified atom stereocenters. The summed E-state index contributed by atoms with van der Waals surface area (Å²) >= 11 is 4.66. The van der Waals surface area contributed by atoms with Crippen molar-refractivity contribution in [2.24, 2.45) is 0 Å². The molecule has 0 N–H and O–H groups in total. The molecule has 0 aromatic heterocycles. The average Bonchev–Trinajstić information content (AvgIpc) is 2.40. The molecule has 1 aliphatic rings. The molecule has 0 bridgehead atoms. The SMILES string of the molecule is CS(=O)(=O)C1CSCCN1C(=O)c1cc(Br)ccc1F. The maximum absolute atomic E-state index is 13.8. The number of carbonyl (C=O) groups is 1. The third-order valence-electron chi connectivity index (χ3n) is 3.00. The molecule has 0 aliphatic carbocycles. The van der Waals surface area contributed by atoms with Crippen LogP contribution in [0, 0.1) is 5.82 Å². The third kappa shape index (κ3) is 3.35. The highest BCUT2D eigenvalue weighted by Crippen LogP contribution is 2.24. The number of hydrogen-bond acceptors (Lipinski definition) is 4. The van der Waals surface area contributed by atoms with Crippen molar-refractivity contribution in [1.29, 1.82) is 0 Å². The van der Waals surface area contributed by atoms with E-state index >= 15 is 0 Å². The van der Waals surface area contributed by atoms with Crippen LogP contribution < -0.4 is 0 Å². The van der Waals surface area contributed by atoms with E-state index in [1.54, 1.807) is 0 Å². The van der Waals surface area contributed by atoms with Crippen molar-refractivity contribution in [1.82, 2.24) is 4.90 Å². The monoisotopic (exact) mass is 381 g/mol. The van der Waals surface area contributed by atoms with Crippen LogP contribution in [0.1, 0.15) is 10.4 Å². The lowest BCUT2D eigenvalue weighted by Gasteiger charge is -2.34. The highest BCUT2D eigenvalue weighted by molar-refractivity contribution is 9.10. The van der Waals surface area contributed by atoms with Crippen molar-refractivity contribution in [2.45, 2.75) is 5.37 Å². The normalized spacial score (nSPS) is 19.9. The Kier molecular flexibility index (Phi) is 4.76. The molecule has 0 radical (unpaired) electrons. The zero-order valence-corrected chi connectivity index (χ0v) is 13.9. The Bertz CT molecular complexity index is 636. The summed E-state index contributed by atoms with van der Waals surface area (Å²) in [4.78, 5) is 13.7. The van der Waals surface area contributed by atoms with Gasteiger partial charge in [0.2, 0.25) is 0 Å². The molecule has 8 heteroatoms. The smallest absolute Gasteiger partial charge is 0.257 e. The fourth-order valence-electron chi connectivity index (χ4n) is 1.98. The number of halogens is 2. The van der Waals surface area contributed by atoms with Crippen LogP contribution in [0.4, 0.5) is 4.39 Å². The van der Waals surface area contributed by atoms with E-state index in [0.717, 1.165) is 6.26 Å². The molecule has 1 atom stereocenters. The number of amides is 1. The second kappa shape index (κ2) is 6.03. The van der Waals surface area contributed by atoms with Crippen molar-refractivity contribution in [3.63, 3.8) is 0 Å². The van der Waals surface area contributed by atoms with Crippen molar-refractivity contribution in [3.05, 3.63) is 34.1 Å². The second-order valence-electron chi connectivity index (χ2n) is 4.48. The second-order valence-corrected chi connectivity index (χ2v) is 8.75. The maximum atomic E-state index is 13.8. The zero-order chi connectivity index (χ0) is 14.9. The van der Waals surface area contributed by atoms with Crippen LogP contribution in [0.15, 0.2) is 22.7 Å². The molecular weight excluding hydrogens is 369 g/mol. The van der Waals surface area contributed by atoms with E-state index in [1.807, 2.05) is 0 Å². The highest BCUT2D eigenvalue weighted by Gasteiger charge is 2.35. The van der Waals surface area contributed by atoms with E-state index in [1.165, 1.54) is 34.9 Å². The van der Waals surface area contributed by atoms with E-state index in [-0.39, 0.29) is 5.56 Å². The first-order valence-electron chi connectivity index (χ1n) is 5.83. The summed E-state index contributed by atoms with van der Waals surface area (Å²) in [5, 5.41) is -0.896. The van der Waals surface area contributed by atoms with Gasteiger partial charge in [0.1, 0.15) is 11.2 Å². The first kappa shape index (κ1) is 15.8. The molecule has 1 amide bonds. The predicted molar refractivity (Wildman–Crippen MR) is 81.1 cm³/mol. The molecular formula is C12H13BrFNO3S2. The molecule has 2 rings (SSSR count). The minimum Gasteiger partial charge on any atom is -0.320 e. The van der Waals surface area contributed by atoms with Gasteiger partial charge in [0.15, 0.2) is 9.84 Å². The molecule has 4 nitrogen and oxygen atoms in total. The van der Waals surface area contributed by atoms with Gasteiger partial charge in [-0.15, -0.1) is 0 Å². The van der Waals surface area contributed by atoms with Crippen LogP contribution >= 0.6 is 27.7 Å².